The van der Waals surface area contributed by atoms with Gasteiger partial charge in [0.15, 0.2) is 0 Å². The molecule has 2 aromatic carbocycles. The SMILES string of the molecule is COC(=O)CNC(=O)c1ccccc1C(=O)c1cccn1Cc1ccccc1. The highest BCUT2D eigenvalue weighted by molar-refractivity contribution is 6.14. The Kier molecular flexibility index (Phi) is 6.01. The van der Waals surface area contributed by atoms with E-state index < -0.39 is 11.9 Å². The summed E-state index contributed by atoms with van der Waals surface area (Å²) in [6.45, 7) is 0.286. The van der Waals surface area contributed by atoms with Gasteiger partial charge in [0.2, 0.25) is 5.78 Å². The molecule has 142 valence electrons. The van der Waals surface area contributed by atoms with Crippen LogP contribution >= 0.6 is 0 Å². The van der Waals surface area contributed by atoms with Crippen molar-refractivity contribution in [3.8, 4) is 0 Å². The van der Waals surface area contributed by atoms with E-state index in [-0.39, 0.29) is 23.5 Å². The minimum absolute atomic E-state index is 0.212. The molecule has 3 aromatic rings. The molecular weight excluding hydrogens is 356 g/mol. The van der Waals surface area contributed by atoms with Gasteiger partial charge in [-0.1, -0.05) is 48.5 Å². The summed E-state index contributed by atoms with van der Waals surface area (Å²) in [6.07, 6.45) is 1.83. The average molecular weight is 376 g/mol. The zero-order valence-electron chi connectivity index (χ0n) is 15.4. The second kappa shape index (κ2) is 8.81. The van der Waals surface area contributed by atoms with Gasteiger partial charge in [0.25, 0.3) is 5.91 Å². The summed E-state index contributed by atoms with van der Waals surface area (Å²) >= 11 is 0. The van der Waals surface area contributed by atoms with Crippen LogP contribution in [0.3, 0.4) is 0 Å². The summed E-state index contributed by atoms with van der Waals surface area (Å²) in [4.78, 5) is 36.9. The summed E-state index contributed by atoms with van der Waals surface area (Å²) in [6, 6.07) is 19.9. The summed E-state index contributed by atoms with van der Waals surface area (Å²) in [5.41, 5.74) is 2.04. The first kappa shape index (κ1) is 19.1. The first-order chi connectivity index (χ1) is 13.6. The molecule has 1 N–H and O–H groups in total. The molecule has 0 fully saturated rings. The van der Waals surface area contributed by atoms with Crippen LogP contribution in [0.2, 0.25) is 0 Å². The fourth-order valence-electron chi connectivity index (χ4n) is 2.88. The Bertz CT molecular complexity index is 993. The molecule has 0 saturated carbocycles. The highest BCUT2D eigenvalue weighted by Crippen LogP contribution is 2.17. The number of carbonyl (C=O) groups is 3. The molecule has 0 aliphatic heterocycles. The average Bonchev–Trinajstić information content (AvgIpc) is 3.20. The predicted octanol–water partition coefficient (Wildman–Crippen LogP) is 2.67. The van der Waals surface area contributed by atoms with E-state index in [0.717, 1.165) is 5.56 Å². The molecule has 0 atom stereocenters. The number of ether oxygens (including phenoxy) is 1. The number of amides is 1. The molecule has 0 unspecified atom stereocenters. The Hall–Kier alpha value is -3.67. The summed E-state index contributed by atoms with van der Waals surface area (Å²) in [5, 5.41) is 2.47. The number of ketones is 1. The lowest BCUT2D eigenvalue weighted by molar-refractivity contribution is -0.139. The third-order valence-electron chi connectivity index (χ3n) is 4.30. The molecule has 28 heavy (non-hydrogen) atoms. The minimum Gasteiger partial charge on any atom is -0.468 e. The first-order valence-corrected chi connectivity index (χ1v) is 8.78. The molecule has 1 aromatic heterocycles. The maximum Gasteiger partial charge on any atom is 0.325 e. The Morgan fingerprint density at radius 3 is 2.29 bits per heavy atom. The van der Waals surface area contributed by atoms with Crippen LogP contribution in [0, 0.1) is 0 Å². The van der Waals surface area contributed by atoms with Gasteiger partial charge >= 0.3 is 5.97 Å². The van der Waals surface area contributed by atoms with Crippen molar-refractivity contribution in [1.29, 1.82) is 0 Å². The maximum atomic E-state index is 13.1. The summed E-state index contributed by atoms with van der Waals surface area (Å²) in [7, 11) is 1.24. The lowest BCUT2D eigenvalue weighted by Gasteiger charge is -2.12. The predicted molar refractivity (Wildman–Crippen MR) is 104 cm³/mol. The van der Waals surface area contributed by atoms with Gasteiger partial charge in [-0.05, 0) is 23.8 Å². The molecule has 0 aliphatic rings. The zero-order chi connectivity index (χ0) is 19.9. The van der Waals surface area contributed by atoms with Crippen LogP contribution in [0.5, 0.6) is 0 Å². The standard InChI is InChI=1S/C22H20N2O4/c1-28-20(25)14-23-22(27)18-11-6-5-10-17(18)21(26)19-12-7-13-24(19)15-16-8-3-2-4-9-16/h2-13H,14-15H2,1H3,(H,23,27). The van der Waals surface area contributed by atoms with E-state index in [1.807, 2.05) is 41.1 Å². The zero-order valence-corrected chi connectivity index (χ0v) is 15.4. The van der Waals surface area contributed by atoms with Gasteiger partial charge in [-0.3, -0.25) is 14.4 Å². The Balaban J connectivity index is 1.85. The van der Waals surface area contributed by atoms with Gasteiger partial charge in [-0.2, -0.15) is 0 Å². The third kappa shape index (κ3) is 4.35. The number of nitrogens with zero attached hydrogens (tertiary/aromatic N) is 1. The van der Waals surface area contributed by atoms with Crippen molar-refractivity contribution in [2.75, 3.05) is 13.7 Å². The number of aromatic nitrogens is 1. The lowest BCUT2D eigenvalue weighted by atomic mass is 10.0. The van der Waals surface area contributed by atoms with Crippen molar-refractivity contribution in [3.63, 3.8) is 0 Å². The molecule has 6 heteroatoms. The molecule has 6 nitrogen and oxygen atoms in total. The van der Waals surface area contributed by atoms with E-state index in [4.69, 9.17) is 0 Å². The monoisotopic (exact) mass is 376 g/mol. The second-order valence-electron chi connectivity index (χ2n) is 6.14. The van der Waals surface area contributed by atoms with E-state index in [1.54, 1.807) is 36.4 Å². The Morgan fingerprint density at radius 2 is 1.57 bits per heavy atom. The molecule has 0 radical (unpaired) electrons. The molecule has 3 rings (SSSR count). The molecule has 1 amide bonds. The molecule has 0 saturated heterocycles. The number of rotatable bonds is 7. The van der Waals surface area contributed by atoms with Gasteiger partial charge in [0.05, 0.1) is 18.4 Å². The highest BCUT2D eigenvalue weighted by atomic mass is 16.5. The van der Waals surface area contributed by atoms with Crippen LogP contribution in [0.4, 0.5) is 0 Å². The van der Waals surface area contributed by atoms with E-state index in [9.17, 15) is 14.4 Å². The Morgan fingerprint density at radius 1 is 0.893 bits per heavy atom. The van der Waals surface area contributed by atoms with Crippen LogP contribution in [0.1, 0.15) is 32.0 Å². The number of methoxy groups -OCH3 is 1. The molecule has 1 heterocycles. The largest absolute Gasteiger partial charge is 0.468 e. The van der Waals surface area contributed by atoms with Gasteiger partial charge in [0, 0.05) is 18.3 Å². The molecule has 0 bridgehead atoms. The van der Waals surface area contributed by atoms with Crippen LogP contribution in [-0.2, 0) is 16.1 Å². The quantitative estimate of drug-likeness (QED) is 0.508. The second-order valence-corrected chi connectivity index (χ2v) is 6.14. The highest BCUT2D eigenvalue weighted by Gasteiger charge is 2.20. The number of hydrogen-bond acceptors (Lipinski definition) is 4. The number of benzene rings is 2. The van der Waals surface area contributed by atoms with E-state index in [2.05, 4.69) is 10.1 Å². The normalized spacial score (nSPS) is 10.3. The van der Waals surface area contributed by atoms with Crippen molar-refractivity contribution in [2.24, 2.45) is 0 Å². The van der Waals surface area contributed by atoms with E-state index >= 15 is 0 Å². The van der Waals surface area contributed by atoms with Gasteiger partial charge < -0.3 is 14.6 Å². The molecule has 0 aliphatic carbocycles. The summed E-state index contributed by atoms with van der Waals surface area (Å²) in [5.74, 6) is -1.32. The smallest absolute Gasteiger partial charge is 0.325 e. The van der Waals surface area contributed by atoms with Gasteiger partial charge in [-0.25, -0.2) is 0 Å². The topological polar surface area (TPSA) is 77.4 Å². The van der Waals surface area contributed by atoms with Crippen molar-refractivity contribution < 1.29 is 19.1 Å². The number of carbonyl (C=O) groups excluding carboxylic acids is 3. The van der Waals surface area contributed by atoms with Crippen molar-refractivity contribution >= 4 is 17.7 Å². The third-order valence-corrected chi connectivity index (χ3v) is 4.30. The lowest BCUT2D eigenvalue weighted by Crippen LogP contribution is -2.31. The van der Waals surface area contributed by atoms with Crippen LogP contribution in [0.15, 0.2) is 72.9 Å². The van der Waals surface area contributed by atoms with Crippen LogP contribution < -0.4 is 5.32 Å². The van der Waals surface area contributed by atoms with Crippen LogP contribution in [0.25, 0.3) is 0 Å². The number of hydrogen-bond donors (Lipinski definition) is 1. The fraction of sp³-hybridized carbons (Fsp3) is 0.136. The molecular formula is C22H20N2O4. The summed E-state index contributed by atoms with van der Waals surface area (Å²) < 4.78 is 6.37. The van der Waals surface area contributed by atoms with Gasteiger partial charge in [-0.15, -0.1) is 0 Å². The number of esters is 1. The van der Waals surface area contributed by atoms with Gasteiger partial charge in [0.1, 0.15) is 6.54 Å². The fourth-order valence-corrected chi connectivity index (χ4v) is 2.88. The van der Waals surface area contributed by atoms with Crippen molar-refractivity contribution in [3.05, 3.63) is 95.3 Å². The first-order valence-electron chi connectivity index (χ1n) is 8.78. The Labute approximate surface area is 162 Å². The number of nitrogens with one attached hydrogen (secondary N) is 1. The van der Waals surface area contributed by atoms with Crippen molar-refractivity contribution in [1.82, 2.24) is 9.88 Å². The van der Waals surface area contributed by atoms with E-state index in [1.165, 1.54) is 7.11 Å². The molecule has 0 spiro atoms. The van der Waals surface area contributed by atoms with Crippen LogP contribution in [-0.4, -0.2) is 35.9 Å². The van der Waals surface area contributed by atoms with Crippen molar-refractivity contribution in [2.45, 2.75) is 6.54 Å². The van der Waals surface area contributed by atoms with E-state index in [0.29, 0.717) is 12.2 Å². The minimum atomic E-state index is -0.561. The maximum absolute atomic E-state index is 13.1.